The lowest BCUT2D eigenvalue weighted by Gasteiger charge is -2.08. The molecule has 0 fully saturated rings. The molecular weight excluding hydrogens is 225 g/mol. The molecule has 2 aromatic rings. The van der Waals surface area contributed by atoms with Crippen molar-refractivity contribution in [3.63, 3.8) is 0 Å². The zero-order chi connectivity index (χ0) is 12.4. The average Bonchev–Trinajstić information content (AvgIpc) is 2.28. The highest BCUT2D eigenvalue weighted by molar-refractivity contribution is 5.47. The van der Waals surface area contributed by atoms with Gasteiger partial charge in [0.2, 0.25) is 0 Å². The van der Waals surface area contributed by atoms with Crippen molar-refractivity contribution in [1.29, 1.82) is 0 Å². The van der Waals surface area contributed by atoms with Crippen molar-refractivity contribution >= 4 is 5.69 Å². The summed E-state index contributed by atoms with van der Waals surface area (Å²) in [6, 6.07) is 6.49. The van der Waals surface area contributed by atoms with Gasteiger partial charge in [0.05, 0.1) is 6.54 Å². The number of rotatable bonds is 2. The van der Waals surface area contributed by atoms with Crippen LogP contribution in [0, 0.1) is 5.82 Å². The van der Waals surface area contributed by atoms with Gasteiger partial charge in [-0.1, -0.05) is 6.07 Å². The maximum Gasteiger partial charge on any atom is 0.265 e. The summed E-state index contributed by atoms with van der Waals surface area (Å²) in [4.78, 5) is 22.5. The number of nitrogen functional groups attached to an aromatic ring is 1. The number of benzene rings is 1. The molecule has 0 saturated heterocycles. The largest absolute Gasteiger partial charge is 0.398 e. The predicted molar refractivity (Wildman–Crippen MR) is 61.2 cm³/mol. The van der Waals surface area contributed by atoms with Crippen LogP contribution in [0.2, 0.25) is 0 Å². The van der Waals surface area contributed by atoms with Crippen molar-refractivity contribution in [2.24, 2.45) is 0 Å². The second-order valence-corrected chi connectivity index (χ2v) is 3.54. The van der Waals surface area contributed by atoms with Gasteiger partial charge in [0.15, 0.2) is 0 Å². The maximum atomic E-state index is 13.5. The number of hydrogen-bond donors (Lipinski definition) is 2. The summed E-state index contributed by atoms with van der Waals surface area (Å²) in [5.74, 6) is -0.512. The lowest BCUT2D eigenvalue weighted by atomic mass is 10.1. The van der Waals surface area contributed by atoms with E-state index < -0.39 is 16.9 Å². The molecule has 0 saturated carbocycles. The first-order valence-corrected chi connectivity index (χ1v) is 4.91. The van der Waals surface area contributed by atoms with Crippen LogP contribution in [0.25, 0.3) is 0 Å². The van der Waals surface area contributed by atoms with Gasteiger partial charge in [0.25, 0.3) is 11.1 Å². The molecule has 1 heterocycles. The third-order valence-corrected chi connectivity index (χ3v) is 2.36. The van der Waals surface area contributed by atoms with E-state index in [0.717, 1.165) is 16.8 Å². The van der Waals surface area contributed by atoms with E-state index in [1.165, 1.54) is 18.2 Å². The summed E-state index contributed by atoms with van der Waals surface area (Å²) in [5.41, 5.74) is 5.17. The molecule has 88 valence electrons. The van der Waals surface area contributed by atoms with Crippen molar-refractivity contribution < 1.29 is 4.39 Å². The van der Waals surface area contributed by atoms with E-state index in [9.17, 15) is 14.0 Å². The van der Waals surface area contributed by atoms with Gasteiger partial charge in [-0.05, 0) is 12.1 Å². The summed E-state index contributed by atoms with van der Waals surface area (Å²) in [5, 5.41) is 2.30. The second-order valence-electron chi connectivity index (χ2n) is 3.54. The molecule has 0 bridgehead atoms. The first-order chi connectivity index (χ1) is 8.08. The summed E-state index contributed by atoms with van der Waals surface area (Å²) < 4.78 is 14.5. The number of nitrogens with two attached hydrogens (primary N) is 1. The molecular formula is C11H10FN3O2. The standard InChI is InChI=1S/C11H10FN3O2/c12-8-2-1-3-9(13)7(8)6-15-11(17)5-4-10(16)14-15/h1-5H,6,13H2,(H,14,16). The van der Waals surface area contributed by atoms with Gasteiger partial charge in [0, 0.05) is 23.4 Å². The van der Waals surface area contributed by atoms with Gasteiger partial charge in [-0.2, -0.15) is 0 Å². The van der Waals surface area contributed by atoms with E-state index in [-0.39, 0.29) is 17.8 Å². The van der Waals surface area contributed by atoms with Gasteiger partial charge in [-0.15, -0.1) is 0 Å². The van der Waals surface area contributed by atoms with E-state index >= 15 is 0 Å². The molecule has 1 aromatic heterocycles. The Bertz CT molecular complexity index is 640. The Kier molecular flexibility index (Phi) is 2.78. The molecule has 0 spiro atoms. The van der Waals surface area contributed by atoms with E-state index in [0.29, 0.717) is 0 Å². The third kappa shape index (κ3) is 2.25. The molecule has 0 aliphatic heterocycles. The molecule has 1 aromatic carbocycles. The normalized spacial score (nSPS) is 10.4. The highest BCUT2D eigenvalue weighted by Gasteiger charge is 2.07. The Labute approximate surface area is 95.3 Å². The van der Waals surface area contributed by atoms with Gasteiger partial charge in [-0.3, -0.25) is 14.7 Å². The number of nitrogens with one attached hydrogen (secondary N) is 1. The van der Waals surface area contributed by atoms with Gasteiger partial charge >= 0.3 is 0 Å². The van der Waals surface area contributed by atoms with Crippen molar-refractivity contribution in [3.8, 4) is 0 Å². The molecule has 0 aliphatic carbocycles. The fourth-order valence-corrected chi connectivity index (χ4v) is 1.48. The summed E-state index contributed by atoms with van der Waals surface area (Å²) in [6.45, 7) is -0.104. The van der Waals surface area contributed by atoms with E-state index in [1.807, 2.05) is 0 Å². The van der Waals surface area contributed by atoms with Crippen LogP contribution in [0.4, 0.5) is 10.1 Å². The molecule has 0 amide bonds. The predicted octanol–water partition coefficient (Wildman–Crippen LogP) is 0.306. The molecule has 3 N–H and O–H groups in total. The number of halogens is 1. The Morgan fingerprint density at radius 3 is 2.71 bits per heavy atom. The summed E-state index contributed by atoms with van der Waals surface area (Å²) >= 11 is 0. The van der Waals surface area contributed by atoms with Gasteiger partial charge in [0.1, 0.15) is 5.82 Å². The lowest BCUT2D eigenvalue weighted by molar-refractivity contribution is 0.570. The van der Waals surface area contributed by atoms with Crippen molar-refractivity contribution in [2.75, 3.05) is 5.73 Å². The van der Waals surface area contributed by atoms with Crippen molar-refractivity contribution in [3.05, 3.63) is 62.4 Å². The molecule has 0 aliphatic rings. The zero-order valence-electron chi connectivity index (χ0n) is 8.81. The van der Waals surface area contributed by atoms with E-state index in [1.54, 1.807) is 0 Å². The monoisotopic (exact) mass is 235 g/mol. The van der Waals surface area contributed by atoms with Crippen LogP contribution in [0.5, 0.6) is 0 Å². The number of aromatic nitrogens is 2. The first kappa shape index (κ1) is 11.1. The van der Waals surface area contributed by atoms with E-state index in [4.69, 9.17) is 5.73 Å². The summed E-state index contributed by atoms with van der Waals surface area (Å²) in [6.07, 6.45) is 0. The highest BCUT2D eigenvalue weighted by atomic mass is 19.1. The SMILES string of the molecule is Nc1cccc(F)c1Cn1[nH]c(=O)ccc1=O. The second kappa shape index (κ2) is 4.25. The quantitative estimate of drug-likeness (QED) is 0.735. The molecule has 17 heavy (non-hydrogen) atoms. The van der Waals surface area contributed by atoms with Crippen molar-refractivity contribution in [2.45, 2.75) is 6.54 Å². The van der Waals surface area contributed by atoms with Crippen LogP contribution in [-0.2, 0) is 6.54 Å². The summed E-state index contributed by atoms with van der Waals surface area (Å²) in [7, 11) is 0. The minimum atomic E-state index is -0.512. The van der Waals surface area contributed by atoms with Crippen LogP contribution in [-0.4, -0.2) is 9.78 Å². The van der Waals surface area contributed by atoms with Crippen LogP contribution >= 0.6 is 0 Å². The number of H-pyrrole nitrogens is 1. The van der Waals surface area contributed by atoms with Gasteiger partial charge < -0.3 is 5.73 Å². The topological polar surface area (TPSA) is 80.9 Å². The minimum Gasteiger partial charge on any atom is -0.398 e. The maximum absolute atomic E-state index is 13.5. The number of aromatic amines is 1. The molecule has 0 atom stereocenters. The number of hydrogen-bond acceptors (Lipinski definition) is 3. The van der Waals surface area contributed by atoms with E-state index in [2.05, 4.69) is 5.10 Å². The lowest BCUT2D eigenvalue weighted by Crippen LogP contribution is -2.28. The Morgan fingerprint density at radius 2 is 2.00 bits per heavy atom. The third-order valence-electron chi connectivity index (χ3n) is 2.36. The fraction of sp³-hybridized carbons (Fsp3) is 0.0909. The van der Waals surface area contributed by atoms with Crippen molar-refractivity contribution in [1.82, 2.24) is 9.78 Å². The Hall–Kier alpha value is -2.37. The Balaban J connectivity index is 2.48. The molecule has 0 unspecified atom stereocenters. The van der Waals surface area contributed by atoms with Crippen LogP contribution in [0.3, 0.4) is 0 Å². The molecule has 0 radical (unpaired) electrons. The fourth-order valence-electron chi connectivity index (χ4n) is 1.48. The zero-order valence-corrected chi connectivity index (χ0v) is 8.81. The molecule has 6 heteroatoms. The molecule has 2 rings (SSSR count). The van der Waals surface area contributed by atoms with Crippen LogP contribution < -0.4 is 16.9 Å². The van der Waals surface area contributed by atoms with Crippen LogP contribution in [0.1, 0.15) is 5.56 Å². The highest BCUT2D eigenvalue weighted by Crippen LogP contribution is 2.15. The number of anilines is 1. The minimum absolute atomic E-state index is 0.104. The van der Waals surface area contributed by atoms with Crippen LogP contribution in [0.15, 0.2) is 39.9 Å². The molecule has 5 nitrogen and oxygen atoms in total. The Morgan fingerprint density at radius 1 is 1.24 bits per heavy atom. The smallest absolute Gasteiger partial charge is 0.265 e. The first-order valence-electron chi connectivity index (χ1n) is 4.91. The number of nitrogens with zero attached hydrogens (tertiary/aromatic N) is 1. The average molecular weight is 235 g/mol. The van der Waals surface area contributed by atoms with Gasteiger partial charge in [-0.25, -0.2) is 9.07 Å².